The molecule has 0 fully saturated rings. The molecule has 0 aromatic carbocycles. The standard InChI is InChI=1S/C20H32/c1-3-5-7-9-11-13-15-17-19-20-18-16-14-12-10-8-6-4-2/h5,7-8,12,16-19H,3-4,6,9,11,13-15,20H2,1-2H3. The van der Waals surface area contributed by atoms with Crippen molar-refractivity contribution in [2.75, 3.05) is 0 Å². The van der Waals surface area contributed by atoms with Crippen molar-refractivity contribution >= 4 is 0 Å². The van der Waals surface area contributed by atoms with Gasteiger partial charge in [-0.1, -0.05) is 56.7 Å². The quantitative estimate of drug-likeness (QED) is 0.205. The van der Waals surface area contributed by atoms with Crippen LogP contribution < -0.4 is 0 Å². The van der Waals surface area contributed by atoms with E-state index in [2.05, 4.69) is 68.2 Å². The molecule has 0 aliphatic heterocycles. The van der Waals surface area contributed by atoms with Crippen molar-refractivity contribution in [2.24, 2.45) is 0 Å². The van der Waals surface area contributed by atoms with E-state index >= 15 is 0 Å². The highest BCUT2D eigenvalue weighted by Gasteiger charge is 1.82. The van der Waals surface area contributed by atoms with Gasteiger partial charge in [-0.2, -0.15) is 0 Å². The topological polar surface area (TPSA) is 0 Å². The van der Waals surface area contributed by atoms with Crippen molar-refractivity contribution in [3.63, 3.8) is 0 Å². The van der Waals surface area contributed by atoms with Crippen LogP contribution >= 0.6 is 0 Å². The van der Waals surface area contributed by atoms with Crippen LogP contribution in [0.4, 0.5) is 0 Å². The first-order valence-electron chi connectivity index (χ1n) is 8.26. The third-order valence-corrected chi connectivity index (χ3v) is 2.92. The van der Waals surface area contributed by atoms with E-state index < -0.39 is 0 Å². The maximum Gasteiger partial charge on any atom is -0.00929 e. The molecular formula is C20H32. The average molecular weight is 272 g/mol. The van der Waals surface area contributed by atoms with E-state index in [0.717, 1.165) is 25.7 Å². The number of allylic oxidation sites excluding steroid dienone is 7. The van der Waals surface area contributed by atoms with Crippen LogP contribution in [0.3, 0.4) is 0 Å². The lowest BCUT2D eigenvalue weighted by Gasteiger charge is -1.92. The van der Waals surface area contributed by atoms with Crippen LogP contribution in [-0.4, -0.2) is 0 Å². The highest BCUT2D eigenvalue weighted by Crippen LogP contribution is 2.02. The monoisotopic (exact) mass is 272 g/mol. The molecule has 0 aromatic heterocycles. The molecule has 0 heterocycles. The van der Waals surface area contributed by atoms with E-state index in [4.69, 9.17) is 0 Å². The molecule has 0 atom stereocenters. The summed E-state index contributed by atoms with van der Waals surface area (Å²) in [6.07, 6.45) is 28.4. The van der Waals surface area contributed by atoms with Crippen LogP contribution in [0.1, 0.15) is 71.6 Å². The van der Waals surface area contributed by atoms with Gasteiger partial charge in [0.1, 0.15) is 0 Å². The summed E-state index contributed by atoms with van der Waals surface area (Å²) in [5.74, 6) is 0. The highest BCUT2D eigenvalue weighted by molar-refractivity contribution is 4.97. The molecule has 0 nitrogen and oxygen atoms in total. The van der Waals surface area contributed by atoms with E-state index in [1.165, 1.54) is 32.1 Å². The first-order valence-corrected chi connectivity index (χ1v) is 8.26. The summed E-state index contributed by atoms with van der Waals surface area (Å²) in [6.45, 7) is 4.37. The molecule has 0 spiro atoms. The van der Waals surface area contributed by atoms with E-state index in [-0.39, 0.29) is 0 Å². The molecule has 0 bridgehead atoms. The lowest BCUT2D eigenvalue weighted by Crippen LogP contribution is -1.72. The van der Waals surface area contributed by atoms with Gasteiger partial charge in [0.15, 0.2) is 0 Å². The minimum Gasteiger partial charge on any atom is -0.129 e. The van der Waals surface area contributed by atoms with Crippen LogP contribution in [0.2, 0.25) is 0 Å². The van der Waals surface area contributed by atoms with E-state index in [1.54, 1.807) is 0 Å². The molecule has 0 aromatic rings. The fraction of sp³-hybridized carbons (Fsp3) is 0.550. The Labute approximate surface area is 126 Å². The second kappa shape index (κ2) is 17.7. The smallest absolute Gasteiger partial charge is 0.00929 e. The molecule has 0 heteroatoms. The number of unbranched alkanes of at least 4 members (excludes halogenated alkanes) is 4. The molecule has 0 N–H and O–H groups in total. The summed E-state index contributed by atoms with van der Waals surface area (Å²) in [5, 5.41) is 0. The summed E-state index contributed by atoms with van der Waals surface area (Å²) in [6, 6.07) is 0. The minimum absolute atomic E-state index is 0.998. The molecule has 0 unspecified atom stereocenters. The van der Waals surface area contributed by atoms with Gasteiger partial charge in [-0.05, 0) is 63.5 Å². The summed E-state index contributed by atoms with van der Waals surface area (Å²) < 4.78 is 0. The molecule has 0 saturated carbocycles. The largest absolute Gasteiger partial charge is 0.129 e. The zero-order chi connectivity index (χ0) is 14.7. The Morgan fingerprint density at radius 2 is 1.30 bits per heavy atom. The molecule has 20 heavy (non-hydrogen) atoms. The summed E-state index contributed by atoms with van der Waals surface area (Å²) in [5.41, 5.74) is 3.20. The summed E-state index contributed by atoms with van der Waals surface area (Å²) in [7, 11) is 0. The van der Waals surface area contributed by atoms with Crippen LogP contribution in [0.25, 0.3) is 0 Å². The zero-order valence-electron chi connectivity index (χ0n) is 13.5. The Bertz CT molecular complexity index is 322. The van der Waals surface area contributed by atoms with E-state index in [0.29, 0.717) is 0 Å². The lowest BCUT2D eigenvalue weighted by molar-refractivity contribution is 0.760. The van der Waals surface area contributed by atoms with Gasteiger partial charge in [0, 0.05) is 0 Å². The van der Waals surface area contributed by atoms with Gasteiger partial charge >= 0.3 is 0 Å². The summed E-state index contributed by atoms with van der Waals surface area (Å²) >= 11 is 0. The fourth-order valence-corrected chi connectivity index (χ4v) is 1.74. The van der Waals surface area contributed by atoms with Crippen molar-refractivity contribution in [2.45, 2.75) is 71.6 Å². The predicted molar refractivity (Wildman–Crippen MR) is 93.0 cm³/mol. The van der Waals surface area contributed by atoms with Gasteiger partial charge in [-0.15, -0.1) is 5.73 Å². The third kappa shape index (κ3) is 16.7. The Morgan fingerprint density at radius 1 is 0.650 bits per heavy atom. The molecule has 0 aliphatic carbocycles. The number of hydrogen-bond acceptors (Lipinski definition) is 0. The molecule has 0 radical (unpaired) electrons. The molecule has 0 aliphatic rings. The van der Waals surface area contributed by atoms with Gasteiger partial charge in [0.05, 0.1) is 0 Å². The number of rotatable bonds is 12. The number of hydrogen-bond donors (Lipinski definition) is 0. The van der Waals surface area contributed by atoms with Gasteiger partial charge in [0.2, 0.25) is 0 Å². The van der Waals surface area contributed by atoms with Crippen molar-refractivity contribution in [3.8, 4) is 0 Å². The Balaban J connectivity index is 3.38. The molecule has 112 valence electrons. The minimum atomic E-state index is 0.998. The Morgan fingerprint density at radius 3 is 2.00 bits per heavy atom. The second-order valence-electron chi connectivity index (χ2n) is 4.94. The first-order chi connectivity index (χ1) is 9.91. The van der Waals surface area contributed by atoms with Crippen LogP contribution in [0.15, 0.2) is 54.3 Å². The van der Waals surface area contributed by atoms with Crippen LogP contribution in [0, 0.1) is 0 Å². The summed E-state index contributed by atoms with van der Waals surface area (Å²) in [4.78, 5) is 0. The molecular weight excluding hydrogens is 240 g/mol. The van der Waals surface area contributed by atoms with E-state index in [9.17, 15) is 0 Å². The molecule has 0 rings (SSSR count). The first kappa shape index (κ1) is 18.7. The van der Waals surface area contributed by atoms with Crippen LogP contribution in [0.5, 0.6) is 0 Å². The maximum absolute atomic E-state index is 3.20. The Kier molecular flexibility index (Phi) is 16.6. The van der Waals surface area contributed by atoms with Crippen molar-refractivity contribution in [1.82, 2.24) is 0 Å². The highest BCUT2D eigenvalue weighted by atomic mass is 13.9. The predicted octanol–water partition coefficient (Wildman–Crippen LogP) is 6.92. The van der Waals surface area contributed by atoms with Crippen LogP contribution in [-0.2, 0) is 0 Å². The maximum atomic E-state index is 3.20. The SMILES string of the molecule is CCC=CCCCCC=CCC=CCC=C=CCCC. The molecule has 0 amide bonds. The third-order valence-electron chi connectivity index (χ3n) is 2.92. The molecule has 0 saturated heterocycles. The van der Waals surface area contributed by atoms with Gasteiger partial charge in [-0.25, -0.2) is 0 Å². The van der Waals surface area contributed by atoms with E-state index in [1.807, 2.05) is 0 Å². The fourth-order valence-electron chi connectivity index (χ4n) is 1.74. The zero-order valence-corrected chi connectivity index (χ0v) is 13.5. The van der Waals surface area contributed by atoms with Crippen molar-refractivity contribution < 1.29 is 0 Å². The van der Waals surface area contributed by atoms with Gasteiger partial charge in [-0.3, -0.25) is 0 Å². The van der Waals surface area contributed by atoms with Gasteiger partial charge < -0.3 is 0 Å². The lowest BCUT2D eigenvalue weighted by atomic mass is 10.1. The van der Waals surface area contributed by atoms with Crippen molar-refractivity contribution in [3.05, 3.63) is 54.3 Å². The Hall–Kier alpha value is -1.26. The van der Waals surface area contributed by atoms with Gasteiger partial charge in [0.25, 0.3) is 0 Å². The normalized spacial score (nSPS) is 11.5. The van der Waals surface area contributed by atoms with Crippen molar-refractivity contribution in [1.29, 1.82) is 0 Å². The second-order valence-corrected chi connectivity index (χ2v) is 4.94. The average Bonchev–Trinajstić information content (AvgIpc) is 2.47.